The summed E-state index contributed by atoms with van der Waals surface area (Å²) in [5.41, 5.74) is 3.40. The summed E-state index contributed by atoms with van der Waals surface area (Å²) in [7, 11) is 0. The summed E-state index contributed by atoms with van der Waals surface area (Å²) in [6.07, 6.45) is 1.60. The Labute approximate surface area is 270 Å². The van der Waals surface area contributed by atoms with Crippen LogP contribution in [0.2, 0.25) is 0 Å². The molecule has 4 amide bonds. The second-order valence-electron chi connectivity index (χ2n) is 10.4. The minimum absolute atomic E-state index is 0.00529. The molecular weight excluding hydrogens is 602 g/mol. The van der Waals surface area contributed by atoms with Crippen LogP contribution < -0.4 is 15.5 Å². The highest BCUT2D eigenvalue weighted by Gasteiger charge is 2.40. The molecule has 1 atom stereocenters. The van der Waals surface area contributed by atoms with Crippen LogP contribution in [-0.4, -0.2) is 41.5 Å². The van der Waals surface area contributed by atoms with Crippen LogP contribution in [0.5, 0.6) is 0 Å². The van der Waals surface area contributed by atoms with E-state index in [1.54, 1.807) is 79.7 Å². The van der Waals surface area contributed by atoms with Gasteiger partial charge in [0, 0.05) is 22.6 Å². The van der Waals surface area contributed by atoms with Crippen LogP contribution in [0.15, 0.2) is 114 Å². The van der Waals surface area contributed by atoms with Crippen molar-refractivity contribution in [1.82, 2.24) is 5.32 Å². The first-order chi connectivity index (χ1) is 22.2. The second-order valence-corrected chi connectivity index (χ2v) is 11.7. The lowest BCUT2D eigenvalue weighted by molar-refractivity contribution is -0.121. The molecule has 1 heterocycles. The molecule has 1 fully saturated rings. The summed E-state index contributed by atoms with van der Waals surface area (Å²) < 4.78 is 4.99. The van der Waals surface area contributed by atoms with Gasteiger partial charge in [-0.25, -0.2) is 9.69 Å². The maximum Gasteiger partial charge on any atom is 0.338 e. The molecule has 9 nitrogen and oxygen atoms in total. The maximum absolute atomic E-state index is 13.5. The lowest BCUT2D eigenvalue weighted by atomic mass is 10.1. The van der Waals surface area contributed by atoms with Crippen LogP contribution in [0.4, 0.5) is 11.4 Å². The summed E-state index contributed by atoms with van der Waals surface area (Å²) in [6.45, 7) is 3.91. The van der Waals surface area contributed by atoms with Crippen molar-refractivity contribution in [3.8, 4) is 0 Å². The molecule has 1 saturated heterocycles. The Kier molecular flexibility index (Phi) is 10.1. The number of nitrogens with one attached hydrogen (secondary N) is 2. The summed E-state index contributed by atoms with van der Waals surface area (Å²) in [5, 5.41) is 4.89. The van der Waals surface area contributed by atoms with E-state index in [2.05, 4.69) is 10.6 Å². The zero-order chi connectivity index (χ0) is 32.6. The third-order valence-corrected chi connectivity index (χ3v) is 8.21. The van der Waals surface area contributed by atoms with E-state index in [0.29, 0.717) is 27.4 Å². The fourth-order valence-corrected chi connectivity index (χ4v) is 5.82. The summed E-state index contributed by atoms with van der Waals surface area (Å²) in [6, 6.07) is 29.2. The van der Waals surface area contributed by atoms with Crippen LogP contribution in [0.3, 0.4) is 0 Å². The molecule has 1 aliphatic heterocycles. The number of aryl methyl sites for hydroxylation is 1. The van der Waals surface area contributed by atoms with Crippen LogP contribution in [0, 0.1) is 6.92 Å². The largest absolute Gasteiger partial charge is 0.462 e. The topological polar surface area (TPSA) is 122 Å². The van der Waals surface area contributed by atoms with Crippen molar-refractivity contribution in [2.24, 2.45) is 0 Å². The molecule has 0 radical (unpaired) electrons. The molecule has 5 rings (SSSR count). The molecule has 2 N–H and O–H groups in total. The number of hydrogen-bond donors (Lipinski definition) is 2. The van der Waals surface area contributed by atoms with Gasteiger partial charge in [-0.2, -0.15) is 0 Å². The fourth-order valence-electron chi connectivity index (χ4n) is 4.71. The standard InChI is InChI=1S/C36H31N3O6S/c1-3-45-36(44)26-16-18-28(19-17-26)39-32(40)22-31(35(39)43)46-29-11-7-10-27(21-29)37-34(42)30(20-24-14-12-23(2)13-15-24)38-33(41)25-8-5-4-6-9-25/h4-21,31H,3,22H2,1-2H3,(H,37,42)(H,38,41). The van der Waals surface area contributed by atoms with E-state index in [1.807, 2.05) is 31.2 Å². The van der Waals surface area contributed by atoms with Crippen LogP contribution >= 0.6 is 11.8 Å². The molecule has 4 aromatic carbocycles. The third kappa shape index (κ3) is 7.77. The molecule has 0 aliphatic carbocycles. The Morgan fingerprint density at radius 3 is 2.30 bits per heavy atom. The Hall–Kier alpha value is -5.48. The van der Waals surface area contributed by atoms with Crippen LogP contribution in [0.1, 0.15) is 45.2 Å². The highest BCUT2D eigenvalue weighted by Crippen LogP contribution is 2.35. The molecule has 0 spiro atoms. The van der Waals surface area contributed by atoms with Gasteiger partial charge in [-0.1, -0.05) is 54.1 Å². The zero-order valence-electron chi connectivity index (χ0n) is 25.2. The average Bonchev–Trinajstić information content (AvgIpc) is 3.34. The van der Waals surface area contributed by atoms with Gasteiger partial charge in [-0.05, 0) is 80.1 Å². The second kappa shape index (κ2) is 14.5. The Bertz CT molecular complexity index is 1800. The van der Waals surface area contributed by atoms with E-state index in [1.165, 1.54) is 23.9 Å². The zero-order valence-corrected chi connectivity index (χ0v) is 26.0. The molecule has 0 saturated carbocycles. The minimum Gasteiger partial charge on any atom is -0.462 e. The monoisotopic (exact) mass is 633 g/mol. The number of amides is 4. The van der Waals surface area contributed by atoms with Crippen LogP contribution in [0.25, 0.3) is 6.08 Å². The van der Waals surface area contributed by atoms with E-state index in [-0.39, 0.29) is 30.5 Å². The molecule has 10 heteroatoms. The van der Waals surface area contributed by atoms with Crippen molar-refractivity contribution in [2.75, 3.05) is 16.8 Å². The number of hydrogen-bond acceptors (Lipinski definition) is 7. The van der Waals surface area contributed by atoms with E-state index in [0.717, 1.165) is 16.0 Å². The molecule has 0 bridgehead atoms. The molecule has 0 aromatic heterocycles. The number of imide groups is 1. The van der Waals surface area contributed by atoms with Gasteiger partial charge in [0.1, 0.15) is 5.70 Å². The quantitative estimate of drug-likeness (QED) is 0.125. The minimum atomic E-state index is -0.676. The van der Waals surface area contributed by atoms with E-state index in [4.69, 9.17) is 4.74 Å². The highest BCUT2D eigenvalue weighted by atomic mass is 32.2. The number of ether oxygens (including phenoxy) is 1. The number of carbonyl (C=O) groups excluding carboxylic acids is 5. The molecule has 1 unspecified atom stereocenters. The molecule has 4 aromatic rings. The summed E-state index contributed by atoms with van der Waals surface area (Å²) >= 11 is 1.22. The predicted molar refractivity (Wildman–Crippen MR) is 177 cm³/mol. The maximum atomic E-state index is 13.5. The molecule has 46 heavy (non-hydrogen) atoms. The van der Waals surface area contributed by atoms with Gasteiger partial charge in [0.25, 0.3) is 11.8 Å². The Balaban J connectivity index is 1.29. The van der Waals surface area contributed by atoms with Crippen molar-refractivity contribution in [3.63, 3.8) is 0 Å². The summed E-state index contributed by atoms with van der Waals surface area (Å²) in [4.78, 5) is 66.3. The first-order valence-electron chi connectivity index (χ1n) is 14.6. The Morgan fingerprint density at radius 2 is 1.61 bits per heavy atom. The fraction of sp³-hybridized carbons (Fsp3) is 0.139. The molecule has 232 valence electrons. The number of nitrogens with zero attached hydrogens (tertiary/aromatic N) is 1. The number of rotatable bonds is 10. The number of carbonyl (C=O) groups is 5. The van der Waals surface area contributed by atoms with Gasteiger partial charge >= 0.3 is 5.97 Å². The highest BCUT2D eigenvalue weighted by molar-refractivity contribution is 8.00. The van der Waals surface area contributed by atoms with Crippen molar-refractivity contribution in [2.45, 2.75) is 30.4 Å². The van der Waals surface area contributed by atoms with Gasteiger partial charge < -0.3 is 15.4 Å². The number of esters is 1. The molecule has 1 aliphatic rings. The first kappa shape index (κ1) is 31.9. The molecular formula is C36H31N3O6S. The van der Waals surface area contributed by atoms with Gasteiger partial charge in [-0.15, -0.1) is 11.8 Å². The van der Waals surface area contributed by atoms with Crippen molar-refractivity contribution < 1.29 is 28.7 Å². The number of thioether (sulfide) groups is 1. The van der Waals surface area contributed by atoms with Crippen molar-refractivity contribution in [3.05, 3.63) is 131 Å². The number of benzene rings is 4. The predicted octanol–water partition coefficient (Wildman–Crippen LogP) is 6.01. The van der Waals surface area contributed by atoms with Gasteiger partial charge in [0.2, 0.25) is 11.8 Å². The summed E-state index contributed by atoms with van der Waals surface area (Å²) in [5.74, 6) is -2.17. The van der Waals surface area contributed by atoms with Gasteiger partial charge in [-0.3, -0.25) is 19.2 Å². The lowest BCUT2D eigenvalue weighted by Gasteiger charge is -2.15. The van der Waals surface area contributed by atoms with Crippen LogP contribution in [-0.2, 0) is 19.1 Å². The average molecular weight is 634 g/mol. The normalized spacial score (nSPS) is 14.6. The van der Waals surface area contributed by atoms with Crippen molar-refractivity contribution in [1.29, 1.82) is 0 Å². The van der Waals surface area contributed by atoms with E-state index >= 15 is 0 Å². The smallest absolute Gasteiger partial charge is 0.338 e. The number of anilines is 2. The van der Waals surface area contributed by atoms with Crippen molar-refractivity contribution >= 4 is 58.8 Å². The first-order valence-corrected chi connectivity index (χ1v) is 15.5. The van der Waals surface area contributed by atoms with Gasteiger partial charge in [0.05, 0.1) is 23.1 Å². The SMILES string of the molecule is CCOC(=O)c1ccc(N2C(=O)CC(Sc3cccc(NC(=O)C(=Cc4ccc(C)cc4)NC(=O)c4ccccc4)c3)C2=O)cc1. The van der Waals surface area contributed by atoms with Gasteiger partial charge in [0.15, 0.2) is 0 Å². The van der Waals surface area contributed by atoms with E-state index < -0.39 is 23.0 Å². The Morgan fingerprint density at radius 1 is 0.891 bits per heavy atom. The van der Waals surface area contributed by atoms with E-state index in [9.17, 15) is 24.0 Å². The lowest BCUT2D eigenvalue weighted by Crippen LogP contribution is -2.31. The third-order valence-electron chi connectivity index (χ3n) is 7.03.